The molecule has 0 bridgehead atoms. The Kier molecular flexibility index (Phi) is 2.82. The monoisotopic (exact) mass is 221 g/mol. The van der Waals surface area contributed by atoms with E-state index < -0.39 is 0 Å². The SMILES string of the molecule is CC(C)c1cc2n(n1)CCN(C(C)(C)C)C2. The van der Waals surface area contributed by atoms with Crippen molar-refractivity contribution in [2.45, 2.75) is 59.2 Å². The first-order chi connectivity index (χ1) is 7.38. The molecule has 1 aliphatic rings. The van der Waals surface area contributed by atoms with Crippen LogP contribution in [0.4, 0.5) is 0 Å². The van der Waals surface area contributed by atoms with Crippen LogP contribution in [0.3, 0.4) is 0 Å². The predicted octanol–water partition coefficient (Wildman–Crippen LogP) is 2.62. The average Bonchev–Trinajstić information content (AvgIpc) is 2.58. The van der Waals surface area contributed by atoms with Crippen LogP contribution in [0.1, 0.15) is 51.9 Å². The summed E-state index contributed by atoms with van der Waals surface area (Å²) in [5, 5.41) is 4.66. The van der Waals surface area contributed by atoms with Gasteiger partial charge in [0.15, 0.2) is 0 Å². The van der Waals surface area contributed by atoms with Crippen LogP contribution in [-0.4, -0.2) is 26.8 Å². The van der Waals surface area contributed by atoms with E-state index in [1.54, 1.807) is 0 Å². The van der Waals surface area contributed by atoms with Crippen LogP contribution >= 0.6 is 0 Å². The highest BCUT2D eigenvalue weighted by molar-refractivity contribution is 5.15. The Labute approximate surface area is 98.4 Å². The van der Waals surface area contributed by atoms with Gasteiger partial charge in [0.05, 0.1) is 17.9 Å². The fourth-order valence-corrected chi connectivity index (χ4v) is 2.14. The van der Waals surface area contributed by atoms with Gasteiger partial charge in [0.1, 0.15) is 0 Å². The quantitative estimate of drug-likeness (QED) is 0.727. The predicted molar refractivity (Wildman–Crippen MR) is 66.5 cm³/mol. The summed E-state index contributed by atoms with van der Waals surface area (Å²) in [7, 11) is 0. The largest absolute Gasteiger partial charge is 0.291 e. The van der Waals surface area contributed by atoms with Crippen molar-refractivity contribution in [2.24, 2.45) is 0 Å². The zero-order valence-electron chi connectivity index (χ0n) is 11.1. The first-order valence-electron chi connectivity index (χ1n) is 6.19. The summed E-state index contributed by atoms with van der Waals surface area (Å²) in [4.78, 5) is 2.52. The van der Waals surface area contributed by atoms with Gasteiger partial charge in [-0.25, -0.2) is 0 Å². The lowest BCUT2D eigenvalue weighted by atomic mass is 10.0. The van der Waals surface area contributed by atoms with Gasteiger partial charge in [-0.3, -0.25) is 9.58 Å². The van der Waals surface area contributed by atoms with Crippen molar-refractivity contribution in [3.8, 4) is 0 Å². The van der Waals surface area contributed by atoms with E-state index in [0.29, 0.717) is 5.92 Å². The Morgan fingerprint density at radius 2 is 1.94 bits per heavy atom. The second-order valence-electron chi connectivity index (χ2n) is 6.03. The van der Waals surface area contributed by atoms with Gasteiger partial charge in [-0.15, -0.1) is 0 Å². The zero-order valence-corrected chi connectivity index (χ0v) is 11.1. The highest BCUT2D eigenvalue weighted by atomic mass is 15.4. The van der Waals surface area contributed by atoms with Crippen LogP contribution in [0.15, 0.2) is 6.07 Å². The molecule has 2 rings (SSSR count). The molecule has 1 aliphatic heterocycles. The Morgan fingerprint density at radius 1 is 1.25 bits per heavy atom. The molecule has 0 amide bonds. The summed E-state index contributed by atoms with van der Waals surface area (Å²) in [6.07, 6.45) is 0. The molecule has 3 nitrogen and oxygen atoms in total. The number of nitrogens with zero attached hydrogens (tertiary/aromatic N) is 3. The second kappa shape index (κ2) is 3.88. The molecule has 0 saturated heterocycles. The molecule has 2 heterocycles. The molecule has 16 heavy (non-hydrogen) atoms. The molecular formula is C13H23N3. The lowest BCUT2D eigenvalue weighted by molar-refractivity contribution is 0.0989. The zero-order chi connectivity index (χ0) is 11.9. The second-order valence-corrected chi connectivity index (χ2v) is 6.03. The fourth-order valence-electron chi connectivity index (χ4n) is 2.14. The lowest BCUT2D eigenvalue weighted by Crippen LogP contribution is -2.45. The molecule has 0 atom stereocenters. The third-order valence-corrected chi connectivity index (χ3v) is 3.36. The van der Waals surface area contributed by atoms with Gasteiger partial charge in [-0.1, -0.05) is 13.8 Å². The van der Waals surface area contributed by atoms with Crippen LogP contribution in [0, 0.1) is 0 Å². The summed E-state index contributed by atoms with van der Waals surface area (Å²) in [6.45, 7) is 14.4. The van der Waals surface area contributed by atoms with Crippen molar-refractivity contribution >= 4 is 0 Å². The Morgan fingerprint density at radius 3 is 2.50 bits per heavy atom. The first-order valence-corrected chi connectivity index (χ1v) is 6.19. The third-order valence-electron chi connectivity index (χ3n) is 3.36. The van der Waals surface area contributed by atoms with Crippen LogP contribution < -0.4 is 0 Å². The molecule has 0 aliphatic carbocycles. The van der Waals surface area contributed by atoms with Crippen molar-refractivity contribution in [2.75, 3.05) is 6.54 Å². The highest BCUT2D eigenvalue weighted by Crippen LogP contribution is 2.23. The number of hydrogen-bond donors (Lipinski definition) is 0. The maximum atomic E-state index is 4.66. The minimum absolute atomic E-state index is 0.257. The van der Waals surface area contributed by atoms with E-state index in [0.717, 1.165) is 19.6 Å². The van der Waals surface area contributed by atoms with Gasteiger partial charge in [0, 0.05) is 18.6 Å². The number of rotatable bonds is 1. The van der Waals surface area contributed by atoms with Crippen molar-refractivity contribution in [3.05, 3.63) is 17.5 Å². The Bertz CT molecular complexity index is 371. The van der Waals surface area contributed by atoms with Crippen LogP contribution in [0.2, 0.25) is 0 Å². The molecule has 0 unspecified atom stereocenters. The standard InChI is InChI=1S/C13H23N3/c1-10(2)12-8-11-9-15(13(3,4)5)6-7-16(11)14-12/h8,10H,6-7,9H2,1-5H3. The van der Waals surface area contributed by atoms with E-state index in [4.69, 9.17) is 0 Å². The minimum Gasteiger partial charge on any atom is -0.291 e. The van der Waals surface area contributed by atoms with Crippen LogP contribution in [0.25, 0.3) is 0 Å². The van der Waals surface area contributed by atoms with Gasteiger partial charge in [0.25, 0.3) is 0 Å². The van der Waals surface area contributed by atoms with Crippen molar-refractivity contribution in [3.63, 3.8) is 0 Å². The fraction of sp³-hybridized carbons (Fsp3) is 0.769. The summed E-state index contributed by atoms with van der Waals surface area (Å²) < 4.78 is 2.18. The summed E-state index contributed by atoms with van der Waals surface area (Å²) in [5.41, 5.74) is 2.85. The van der Waals surface area contributed by atoms with E-state index in [-0.39, 0.29) is 5.54 Å². The molecule has 0 spiro atoms. The van der Waals surface area contributed by atoms with Crippen molar-refractivity contribution < 1.29 is 0 Å². The minimum atomic E-state index is 0.257. The molecule has 3 heteroatoms. The van der Waals surface area contributed by atoms with E-state index in [1.165, 1.54) is 11.4 Å². The smallest absolute Gasteiger partial charge is 0.0653 e. The summed E-state index contributed by atoms with van der Waals surface area (Å²) >= 11 is 0. The normalized spacial score (nSPS) is 17.9. The average molecular weight is 221 g/mol. The first kappa shape index (κ1) is 11.6. The van der Waals surface area contributed by atoms with Gasteiger partial charge in [-0.05, 0) is 32.8 Å². The molecule has 1 aromatic heterocycles. The number of aromatic nitrogens is 2. The highest BCUT2D eigenvalue weighted by Gasteiger charge is 2.26. The topological polar surface area (TPSA) is 21.1 Å². The lowest BCUT2D eigenvalue weighted by Gasteiger charge is -2.38. The van der Waals surface area contributed by atoms with Crippen molar-refractivity contribution in [1.29, 1.82) is 0 Å². The summed E-state index contributed by atoms with van der Waals surface area (Å²) in [6, 6.07) is 2.27. The molecule has 0 radical (unpaired) electrons. The molecular weight excluding hydrogens is 198 g/mol. The molecule has 0 fully saturated rings. The van der Waals surface area contributed by atoms with E-state index in [9.17, 15) is 0 Å². The van der Waals surface area contributed by atoms with Crippen LogP contribution in [-0.2, 0) is 13.1 Å². The molecule has 90 valence electrons. The van der Waals surface area contributed by atoms with Crippen LogP contribution in [0.5, 0.6) is 0 Å². The van der Waals surface area contributed by atoms with E-state index in [1.807, 2.05) is 0 Å². The number of fused-ring (bicyclic) bond motifs is 1. The van der Waals surface area contributed by atoms with E-state index in [2.05, 4.69) is 55.4 Å². The van der Waals surface area contributed by atoms with Crippen molar-refractivity contribution in [1.82, 2.24) is 14.7 Å². The van der Waals surface area contributed by atoms with Gasteiger partial charge in [-0.2, -0.15) is 5.10 Å². The third kappa shape index (κ3) is 2.14. The maximum absolute atomic E-state index is 4.66. The van der Waals surface area contributed by atoms with Gasteiger partial charge in [0.2, 0.25) is 0 Å². The Hall–Kier alpha value is -0.830. The van der Waals surface area contributed by atoms with Gasteiger partial charge >= 0.3 is 0 Å². The molecule has 0 N–H and O–H groups in total. The molecule has 0 aromatic carbocycles. The molecule has 1 aromatic rings. The molecule has 0 saturated carbocycles. The number of hydrogen-bond acceptors (Lipinski definition) is 2. The maximum Gasteiger partial charge on any atom is 0.0653 e. The Balaban J connectivity index is 2.21. The summed E-state index contributed by atoms with van der Waals surface area (Å²) in [5.74, 6) is 0.529. The van der Waals surface area contributed by atoms with Gasteiger partial charge < -0.3 is 0 Å². The van der Waals surface area contributed by atoms with E-state index >= 15 is 0 Å².